The average Bonchev–Trinajstić information content (AvgIpc) is 3.14. The Morgan fingerprint density at radius 3 is 2.75 bits per heavy atom. The van der Waals surface area contributed by atoms with Gasteiger partial charge < -0.3 is 14.5 Å². The number of ether oxygens (including phenoxy) is 1. The van der Waals surface area contributed by atoms with Crippen LogP contribution in [0.25, 0.3) is 0 Å². The lowest BCUT2D eigenvalue weighted by molar-refractivity contribution is -0.385. The SMILES string of the molecule is COc1cc(NC(=O)CSc2nnc(Cc3ccccc3)o2)ccc1[N+](=O)[O-]. The standard InChI is InChI=1S/C18H16N4O5S/c1-26-15-10-13(7-8-14(15)22(24)25)19-16(23)11-28-18-21-20-17(27-18)9-12-5-3-2-4-6-12/h2-8,10H,9,11H2,1H3,(H,19,23). The Morgan fingerprint density at radius 2 is 2.04 bits per heavy atom. The fourth-order valence-corrected chi connectivity index (χ4v) is 2.95. The van der Waals surface area contributed by atoms with Crippen LogP contribution >= 0.6 is 11.8 Å². The zero-order chi connectivity index (χ0) is 19.9. The van der Waals surface area contributed by atoms with Crippen LogP contribution in [0.3, 0.4) is 0 Å². The molecule has 0 saturated heterocycles. The monoisotopic (exact) mass is 400 g/mol. The fraction of sp³-hybridized carbons (Fsp3) is 0.167. The van der Waals surface area contributed by atoms with E-state index in [-0.39, 0.29) is 23.1 Å². The quantitative estimate of drug-likeness (QED) is 0.347. The van der Waals surface area contributed by atoms with Crippen molar-refractivity contribution in [3.05, 3.63) is 70.1 Å². The van der Waals surface area contributed by atoms with Crippen molar-refractivity contribution in [2.24, 2.45) is 0 Å². The molecular formula is C18H16N4O5S. The number of nitro groups is 1. The lowest BCUT2D eigenvalue weighted by atomic mass is 10.2. The lowest BCUT2D eigenvalue weighted by Gasteiger charge is -2.06. The highest BCUT2D eigenvalue weighted by atomic mass is 32.2. The number of nitrogens with one attached hydrogen (secondary N) is 1. The van der Waals surface area contributed by atoms with Gasteiger partial charge in [-0.3, -0.25) is 14.9 Å². The molecule has 0 aliphatic rings. The summed E-state index contributed by atoms with van der Waals surface area (Å²) in [5, 5.41) is 21.7. The van der Waals surface area contributed by atoms with Gasteiger partial charge in [0, 0.05) is 17.8 Å². The van der Waals surface area contributed by atoms with Crippen LogP contribution in [0.4, 0.5) is 11.4 Å². The van der Waals surface area contributed by atoms with Crippen LogP contribution < -0.4 is 10.1 Å². The number of nitro benzene ring substituents is 1. The molecule has 0 bridgehead atoms. The first kappa shape index (κ1) is 19.4. The molecule has 9 nitrogen and oxygen atoms in total. The minimum Gasteiger partial charge on any atom is -0.490 e. The lowest BCUT2D eigenvalue weighted by Crippen LogP contribution is -2.14. The van der Waals surface area contributed by atoms with Crippen molar-refractivity contribution in [1.82, 2.24) is 10.2 Å². The molecule has 144 valence electrons. The van der Waals surface area contributed by atoms with Gasteiger partial charge in [0.25, 0.3) is 5.22 Å². The second-order valence-corrected chi connectivity index (χ2v) is 6.53. The molecule has 3 rings (SSSR count). The molecule has 28 heavy (non-hydrogen) atoms. The van der Waals surface area contributed by atoms with Gasteiger partial charge in [0.15, 0.2) is 5.75 Å². The summed E-state index contributed by atoms with van der Waals surface area (Å²) in [6.07, 6.45) is 0.517. The first-order valence-electron chi connectivity index (χ1n) is 8.16. The van der Waals surface area contributed by atoms with Gasteiger partial charge in [-0.05, 0) is 11.6 Å². The normalized spacial score (nSPS) is 10.5. The molecule has 10 heteroatoms. The Labute approximate surface area is 164 Å². The first-order valence-corrected chi connectivity index (χ1v) is 9.15. The highest BCUT2D eigenvalue weighted by Gasteiger charge is 2.16. The van der Waals surface area contributed by atoms with Crippen molar-refractivity contribution in [2.45, 2.75) is 11.6 Å². The number of hydrogen-bond donors (Lipinski definition) is 1. The molecule has 0 spiro atoms. The van der Waals surface area contributed by atoms with Crippen LogP contribution in [0.5, 0.6) is 5.75 Å². The maximum absolute atomic E-state index is 12.1. The summed E-state index contributed by atoms with van der Waals surface area (Å²) in [5.41, 5.74) is 1.27. The third kappa shape index (κ3) is 5.07. The van der Waals surface area contributed by atoms with Crippen molar-refractivity contribution in [1.29, 1.82) is 0 Å². The number of rotatable bonds is 8. The maximum atomic E-state index is 12.1. The van der Waals surface area contributed by atoms with Gasteiger partial charge in [-0.25, -0.2) is 0 Å². The van der Waals surface area contributed by atoms with E-state index in [1.165, 1.54) is 25.3 Å². The van der Waals surface area contributed by atoms with Crippen LogP contribution in [0, 0.1) is 10.1 Å². The summed E-state index contributed by atoms with van der Waals surface area (Å²) in [7, 11) is 1.33. The number of methoxy groups -OCH3 is 1. The third-order valence-corrected chi connectivity index (χ3v) is 4.45. The Bertz CT molecular complexity index is 977. The molecule has 1 heterocycles. The van der Waals surface area contributed by atoms with Gasteiger partial charge in [-0.2, -0.15) is 0 Å². The van der Waals surface area contributed by atoms with Crippen molar-refractivity contribution >= 4 is 29.0 Å². The second kappa shape index (κ2) is 9.00. The summed E-state index contributed by atoms with van der Waals surface area (Å²) in [6.45, 7) is 0. The van der Waals surface area contributed by atoms with E-state index in [2.05, 4.69) is 15.5 Å². The second-order valence-electron chi connectivity index (χ2n) is 5.60. The Morgan fingerprint density at radius 1 is 1.25 bits per heavy atom. The summed E-state index contributed by atoms with van der Waals surface area (Å²) >= 11 is 1.11. The molecule has 1 aromatic heterocycles. The topological polar surface area (TPSA) is 120 Å². The van der Waals surface area contributed by atoms with Gasteiger partial charge in [-0.15, -0.1) is 10.2 Å². The van der Waals surface area contributed by atoms with E-state index in [4.69, 9.17) is 9.15 Å². The van der Waals surface area contributed by atoms with Crippen LogP contribution in [0.1, 0.15) is 11.5 Å². The number of carbonyl (C=O) groups is 1. The number of carbonyl (C=O) groups excluding carboxylic acids is 1. The van der Waals surface area contributed by atoms with E-state index < -0.39 is 4.92 Å². The Kier molecular flexibility index (Phi) is 6.22. The number of aromatic nitrogens is 2. The largest absolute Gasteiger partial charge is 0.490 e. The van der Waals surface area contributed by atoms with Crippen molar-refractivity contribution < 1.29 is 18.9 Å². The van der Waals surface area contributed by atoms with Gasteiger partial charge in [0.1, 0.15) is 0 Å². The molecule has 0 aliphatic carbocycles. The number of anilines is 1. The molecule has 1 amide bonds. The minimum absolute atomic E-state index is 0.0479. The van der Waals surface area contributed by atoms with Crippen LogP contribution in [0.2, 0.25) is 0 Å². The summed E-state index contributed by atoms with van der Waals surface area (Å²) in [5.74, 6) is 0.266. The predicted molar refractivity (Wildman–Crippen MR) is 103 cm³/mol. The maximum Gasteiger partial charge on any atom is 0.311 e. The van der Waals surface area contributed by atoms with E-state index in [0.717, 1.165) is 17.3 Å². The van der Waals surface area contributed by atoms with Gasteiger partial charge in [0.05, 0.1) is 24.2 Å². The van der Waals surface area contributed by atoms with Gasteiger partial charge in [-0.1, -0.05) is 42.1 Å². The van der Waals surface area contributed by atoms with Crippen LogP contribution in [-0.2, 0) is 11.2 Å². The molecule has 3 aromatic rings. The summed E-state index contributed by atoms with van der Waals surface area (Å²) in [6, 6.07) is 13.8. The molecule has 0 atom stereocenters. The van der Waals surface area contributed by atoms with Gasteiger partial charge in [0.2, 0.25) is 11.8 Å². The molecule has 1 N–H and O–H groups in total. The van der Waals surface area contributed by atoms with E-state index in [1.807, 2.05) is 30.3 Å². The molecule has 0 aliphatic heterocycles. The summed E-state index contributed by atoms with van der Waals surface area (Å²) < 4.78 is 10.5. The zero-order valence-electron chi connectivity index (χ0n) is 14.8. The molecule has 0 radical (unpaired) electrons. The average molecular weight is 400 g/mol. The zero-order valence-corrected chi connectivity index (χ0v) is 15.6. The molecular weight excluding hydrogens is 384 g/mol. The van der Waals surface area contributed by atoms with Crippen molar-refractivity contribution in [3.63, 3.8) is 0 Å². The van der Waals surface area contributed by atoms with Gasteiger partial charge >= 0.3 is 5.69 Å². The highest BCUT2D eigenvalue weighted by molar-refractivity contribution is 7.99. The summed E-state index contributed by atoms with van der Waals surface area (Å²) in [4.78, 5) is 22.5. The van der Waals surface area contributed by atoms with E-state index in [0.29, 0.717) is 23.2 Å². The molecule has 0 saturated carbocycles. The van der Waals surface area contributed by atoms with E-state index in [1.54, 1.807) is 0 Å². The number of nitrogens with zero attached hydrogens (tertiary/aromatic N) is 3. The van der Waals surface area contributed by atoms with Crippen LogP contribution in [0.15, 0.2) is 58.2 Å². The predicted octanol–water partition coefficient (Wildman–Crippen LogP) is 3.31. The minimum atomic E-state index is -0.553. The fourth-order valence-electron chi connectivity index (χ4n) is 2.37. The number of hydrogen-bond acceptors (Lipinski definition) is 8. The smallest absolute Gasteiger partial charge is 0.311 e. The third-order valence-electron chi connectivity index (χ3n) is 3.63. The number of amides is 1. The van der Waals surface area contributed by atoms with Crippen molar-refractivity contribution in [2.75, 3.05) is 18.2 Å². The molecule has 0 unspecified atom stereocenters. The Hall–Kier alpha value is -3.40. The Balaban J connectivity index is 1.54. The van der Waals surface area contributed by atoms with E-state index >= 15 is 0 Å². The van der Waals surface area contributed by atoms with E-state index in [9.17, 15) is 14.9 Å². The first-order chi connectivity index (χ1) is 13.5. The highest BCUT2D eigenvalue weighted by Crippen LogP contribution is 2.29. The van der Waals surface area contributed by atoms with Crippen LogP contribution in [-0.4, -0.2) is 33.9 Å². The number of benzene rings is 2. The molecule has 0 fully saturated rings. The number of thioether (sulfide) groups is 1. The van der Waals surface area contributed by atoms with Crippen molar-refractivity contribution in [3.8, 4) is 5.75 Å². The molecule has 2 aromatic carbocycles.